The van der Waals surface area contributed by atoms with Gasteiger partial charge in [0.1, 0.15) is 0 Å². The van der Waals surface area contributed by atoms with Crippen LogP contribution in [0.5, 0.6) is 0 Å². The quantitative estimate of drug-likeness (QED) is 0.360. The van der Waals surface area contributed by atoms with Crippen molar-refractivity contribution < 1.29 is 4.74 Å². The van der Waals surface area contributed by atoms with Gasteiger partial charge in [0, 0.05) is 0 Å². The summed E-state index contributed by atoms with van der Waals surface area (Å²) >= 11 is 8.26. The normalized spacial score (nSPS) is 8.00. The van der Waals surface area contributed by atoms with Crippen LogP contribution in [0.2, 0.25) is 0 Å². The molecule has 0 rings (SSSR count). The van der Waals surface area contributed by atoms with Crippen LogP contribution < -0.4 is 0 Å². The van der Waals surface area contributed by atoms with Gasteiger partial charge in [-0.3, -0.25) is 0 Å². The van der Waals surface area contributed by atoms with E-state index in [1.165, 1.54) is 0 Å². The van der Waals surface area contributed by atoms with Crippen LogP contribution in [0.3, 0.4) is 0 Å². The van der Waals surface area contributed by atoms with Gasteiger partial charge in [0.05, 0.1) is 6.10 Å². The number of thiocarbonyl (C=S) groups is 1. The second kappa shape index (κ2) is 6.62. The van der Waals surface area contributed by atoms with Crippen molar-refractivity contribution in [3.63, 3.8) is 0 Å². The molecule has 0 atom stereocenters. The second-order valence-corrected chi connectivity index (χ2v) is 2.51. The fraction of sp³-hybridized carbons (Fsp3) is 0.750. The van der Waals surface area contributed by atoms with E-state index in [4.69, 9.17) is 4.74 Å². The van der Waals surface area contributed by atoms with Crippen LogP contribution in [-0.4, -0.2) is 48.2 Å². The van der Waals surface area contributed by atoms with Crippen LogP contribution in [-0.2, 0) is 4.74 Å². The molecular weight excluding hydrogens is 168 g/mol. The van der Waals surface area contributed by atoms with Gasteiger partial charge in [0.2, 0.25) is 4.38 Å². The van der Waals surface area contributed by atoms with Gasteiger partial charge in [-0.15, -0.1) is 0 Å². The predicted octanol–water partition coefficient (Wildman–Crippen LogP) is 0.710. The van der Waals surface area contributed by atoms with E-state index in [-0.39, 0.29) is 43.8 Å². The summed E-state index contributed by atoms with van der Waals surface area (Å²) in [6, 6.07) is 0. The Morgan fingerprint density at radius 1 is 1.62 bits per heavy atom. The monoisotopic (exact) mass is 178 g/mol. The Balaban J connectivity index is 0. The van der Waals surface area contributed by atoms with Crippen molar-refractivity contribution in [1.29, 1.82) is 0 Å². The zero-order valence-corrected chi connectivity index (χ0v) is 6.05. The molecule has 1 nitrogen and oxygen atoms in total. The van der Waals surface area contributed by atoms with E-state index in [1.54, 1.807) is 0 Å². The molecule has 0 spiro atoms. The van der Waals surface area contributed by atoms with Crippen LogP contribution in [0.15, 0.2) is 0 Å². The molecular formula is C4H10CaOS2. The van der Waals surface area contributed by atoms with Crippen LogP contribution in [0.25, 0.3) is 0 Å². The Morgan fingerprint density at radius 3 is 2.00 bits per heavy atom. The standard InChI is InChI=1S/C4H8OS2.Ca.2H/c1-3(2)5-4(6)7;;;/h3H,1-2H3,(H,6,7);;;. The van der Waals surface area contributed by atoms with Gasteiger partial charge in [0.15, 0.2) is 0 Å². The minimum atomic E-state index is 0. The molecule has 0 aliphatic heterocycles. The Bertz CT molecular complexity index is 74.4. The third kappa shape index (κ3) is 10.5. The summed E-state index contributed by atoms with van der Waals surface area (Å²) in [5.74, 6) is 0. The van der Waals surface area contributed by atoms with E-state index in [1.807, 2.05) is 13.8 Å². The van der Waals surface area contributed by atoms with Gasteiger partial charge >= 0.3 is 37.7 Å². The first kappa shape index (κ1) is 12.2. The second-order valence-electron chi connectivity index (χ2n) is 1.43. The molecule has 0 fully saturated rings. The molecule has 0 N–H and O–H groups in total. The predicted molar refractivity (Wildman–Crippen MR) is 46.3 cm³/mol. The Hall–Kier alpha value is 1.50. The molecule has 0 saturated heterocycles. The SMILES string of the molecule is CC(C)OC(=S)S.[CaH2]. The number of ether oxygens (including phenoxy) is 1. The Labute approximate surface area is 90.6 Å². The van der Waals surface area contributed by atoms with E-state index in [0.29, 0.717) is 4.38 Å². The fourth-order valence-electron chi connectivity index (χ4n) is 0.202. The number of hydrogen-bond donors (Lipinski definition) is 1. The van der Waals surface area contributed by atoms with Crippen molar-refractivity contribution >= 4 is 67.0 Å². The van der Waals surface area contributed by atoms with E-state index in [2.05, 4.69) is 24.8 Å². The molecule has 0 heterocycles. The first-order chi connectivity index (χ1) is 3.13. The summed E-state index contributed by atoms with van der Waals surface area (Å²) < 4.78 is 5.16. The average Bonchev–Trinajstić information content (AvgIpc) is 1.27. The Morgan fingerprint density at radius 2 is 2.00 bits per heavy atom. The van der Waals surface area contributed by atoms with Crippen molar-refractivity contribution in [2.24, 2.45) is 0 Å². The molecule has 0 amide bonds. The first-order valence-corrected chi connectivity index (χ1v) is 2.88. The van der Waals surface area contributed by atoms with Crippen LogP contribution >= 0.6 is 24.8 Å². The van der Waals surface area contributed by atoms with Crippen molar-refractivity contribution in [3.8, 4) is 0 Å². The molecule has 46 valence electrons. The van der Waals surface area contributed by atoms with E-state index in [9.17, 15) is 0 Å². The van der Waals surface area contributed by atoms with Gasteiger partial charge in [-0.05, 0) is 26.1 Å². The van der Waals surface area contributed by atoms with Crippen molar-refractivity contribution in [3.05, 3.63) is 0 Å². The van der Waals surface area contributed by atoms with Crippen LogP contribution in [0.1, 0.15) is 13.8 Å². The van der Waals surface area contributed by atoms with Gasteiger partial charge in [-0.25, -0.2) is 0 Å². The maximum absolute atomic E-state index is 4.85. The van der Waals surface area contributed by atoms with Gasteiger partial charge in [-0.1, -0.05) is 12.6 Å². The minimum absolute atomic E-state index is 0. The summed E-state index contributed by atoms with van der Waals surface area (Å²) in [7, 11) is 0. The summed E-state index contributed by atoms with van der Waals surface area (Å²) in [5.41, 5.74) is 0. The van der Waals surface area contributed by atoms with Crippen LogP contribution in [0.4, 0.5) is 0 Å². The molecule has 0 aromatic rings. The maximum atomic E-state index is 4.85. The van der Waals surface area contributed by atoms with Crippen molar-refractivity contribution in [2.45, 2.75) is 20.0 Å². The van der Waals surface area contributed by atoms with Gasteiger partial charge < -0.3 is 4.74 Å². The van der Waals surface area contributed by atoms with Crippen molar-refractivity contribution in [1.82, 2.24) is 0 Å². The summed E-state index contributed by atoms with van der Waals surface area (Å²) in [6.45, 7) is 3.81. The average molecular weight is 178 g/mol. The van der Waals surface area contributed by atoms with Crippen molar-refractivity contribution in [2.75, 3.05) is 0 Å². The molecule has 0 aliphatic rings. The number of thiol groups is 1. The molecule has 0 radical (unpaired) electrons. The van der Waals surface area contributed by atoms with Crippen LogP contribution in [0, 0.1) is 0 Å². The van der Waals surface area contributed by atoms with E-state index < -0.39 is 0 Å². The van der Waals surface area contributed by atoms with E-state index >= 15 is 0 Å². The van der Waals surface area contributed by atoms with E-state index in [0.717, 1.165) is 0 Å². The zero-order valence-electron chi connectivity index (χ0n) is 4.34. The van der Waals surface area contributed by atoms with Gasteiger partial charge in [-0.2, -0.15) is 0 Å². The molecule has 0 aromatic carbocycles. The molecule has 0 bridgehead atoms. The molecule has 0 unspecified atom stereocenters. The fourth-order valence-corrected chi connectivity index (χ4v) is 0.605. The molecule has 8 heavy (non-hydrogen) atoms. The first-order valence-electron chi connectivity index (χ1n) is 2.02. The summed E-state index contributed by atoms with van der Waals surface area (Å²) in [4.78, 5) is 0. The summed E-state index contributed by atoms with van der Waals surface area (Å²) in [6.07, 6.45) is 0.157. The topological polar surface area (TPSA) is 9.23 Å². The van der Waals surface area contributed by atoms with Gasteiger partial charge in [0.25, 0.3) is 0 Å². The number of rotatable bonds is 1. The molecule has 0 saturated carbocycles. The summed E-state index contributed by atoms with van der Waals surface area (Å²) in [5, 5.41) is 0. The molecule has 4 heteroatoms. The molecule has 0 aliphatic carbocycles. The zero-order chi connectivity index (χ0) is 5.86. The number of hydrogen-bond acceptors (Lipinski definition) is 2. The third-order valence-corrected chi connectivity index (χ3v) is 0.538. The Kier molecular flexibility index (Phi) is 10.1. The third-order valence-electron chi connectivity index (χ3n) is 0.337. The molecule has 0 aromatic heterocycles.